The second-order valence-corrected chi connectivity index (χ2v) is 6.84. The van der Waals surface area contributed by atoms with Crippen molar-refractivity contribution in [2.24, 2.45) is 11.7 Å². The topological polar surface area (TPSA) is 51.8 Å². The molecule has 0 bridgehead atoms. The Hall–Kier alpha value is -1.30. The molecular formula is C14H13N3S2. The first kappa shape index (κ1) is 11.5. The number of thiazole rings is 2. The fourth-order valence-electron chi connectivity index (χ4n) is 2.18. The first-order valence-corrected chi connectivity index (χ1v) is 8.08. The Morgan fingerprint density at radius 2 is 2.05 bits per heavy atom. The molecule has 2 heterocycles. The van der Waals surface area contributed by atoms with Crippen molar-refractivity contribution >= 4 is 32.9 Å². The number of fused-ring (bicyclic) bond motifs is 1. The molecule has 96 valence electrons. The van der Waals surface area contributed by atoms with Crippen LogP contribution in [0.25, 0.3) is 20.9 Å². The van der Waals surface area contributed by atoms with E-state index in [0.717, 1.165) is 21.2 Å². The molecule has 1 aliphatic rings. The van der Waals surface area contributed by atoms with Crippen LogP contribution in [-0.2, 0) is 0 Å². The van der Waals surface area contributed by atoms with Crippen LogP contribution >= 0.6 is 22.7 Å². The van der Waals surface area contributed by atoms with Crippen LogP contribution < -0.4 is 5.73 Å². The zero-order chi connectivity index (χ0) is 12.8. The lowest BCUT2D eigenvalue weighted by Gasteiger charge is -2.04. The monoisotopic (exact) mass is 287 g/mol. The molecule has 0 amide bonds. The van der Waals surface area contributed by atoms with E-state index in [4.69, 9.17) is 5.73 Å². The highest BCUT2D eigenvalue weighted by molar-refractivity contribution is 7.21. The van der Waals surface area contributed by atoms with E-state index in [1.807, 2.05) is 18.2 Å². The van der Waals surface area contributed by atoms with Crippen LogP contribution in [0.15, 0.2) is 29.6 Å². The van der Waals surface area contributed by atoms with Crippen molar-refractivity contribution in [2.75, 3.05) is 0 Å². The van der Waals surface area contributed by atoms with E-state index in [2.05, 4.69) is 21.4 Å². The van der Waals surface area contributed by atoms with E-state index < -0.39 is 0 Å². The fraction of sp³-hybridized carbons (Fsp3) is 0.286. The van der Waals surface area contributed by atoms with Gasteiger partial charge in [-0.25, -0.2) is 9.97 Å². The Morgan fingerprint density at radius 1 is 1.21 bits per heavy atom. The van der Waals surface area contributed by atoms with Gasteiger partial charge in [-0.3, -0.25) is 0 Å². The first-order chi connectivity index (χ1) is 9.31. The average molecular weight is 287 g/mol. The molecule has 1 unspecified atom stereocenters. The number of nitrogens with zero attached hydrogens (tertiary/aromatic N) is 2. The molecule has 5 heteroatoms. The molecule has 0 spiro atoms. The van der Waals surface area contributed by atoms with Gasteiger partial charge >= 0.3 is 0 Å². The predicted molar refractivity (Wildman–Crippen MR) is 80.4 cm³/mol. The van der Waals surface area contributed by atoms with E-state index >= 15 is 0 Å². The number of benzene rings is 1. The number of rotatable bonds is 3. The van der Waals surface area contributed by atoms with Gasteiger partial charge in [-0.05, 0) is 30.9 Å². The van der Waals surface area contributed by atoms with Gasteiger partial charge in [0.2, 0.25) is 0 Å². The largest absolute Gasteiger partial charge is 0.322 e. The maximum absolute atomic E-state index is 6.20. The van der Waals surface area contributed by atoms with Gasteiger partial charge in [0.25, 0.3) is 0 Å². The van der Waals surface area contributed by atoms with E-state index in [-0.39, 0.29) is 6.04 Å². The summed E-state index contributed by atoms with van der Waals surface area (Å²) in [5, 5.41) is 4.12. The molecule has 0 radical (unpaired) electrons. The molecule has 0 saturated heterocycles. The van der Waals surface area contributed by atoms with Gasteiger partial charge in [-0.1, -0.05) is 12.1 Å². The van der Waals surface area contributed by atoms with Crippen LogP contribution in [0.1, 0.15) is 23.9 Å². The van der Waals surface area contributed by atoms with Crippen molar-refractivity contribution in [1.29, 1.82) is 0 Å². The number of para-hydroxylation sites is 1. The lowest BCUT2D eigenvalue weighted by atomic mass is 10.2. The summed E-state index contributed by atoms with van der Waals surface area (Å²) in [4.78, 5) is 9.32. The van der Waals surface area contributed by atoms with E-state index in [1.165, 1.54) is 17.5 Å². The van der Waals surface area contributed by atoms with Crippen LogP contribution in [0.2, 0.25) is 0 Å². The van der Waals surface area contributed by atoms with Crippen molar-refractivity contribution in [3.05, 3.63) is 34.7 Å². The molecule has 2 N–H and O–H groups in total. The van der Waals surface area contributed by atoms with Crippen LogP contribution in [0.4, 0.5) is 0 Å². The third kappa shape index (κ3) is 2.08. The smallest absolute Gasteiger partial charge is 0.143 e. The SMILES string of the molecule is NC(c1nc(-c2nc3ccccc3s2)cs1)C1CC1. The summed E-state index contributed by atoms with van der Waals surface area (Å²) >= 11 is 3.35. The molecule has 19 heavy (non-hydrogen) atoms. The normalized spacial score (nSPS) is 16.9. The van der Waals surface area contributed by atoms with Crippen LogP contribution in [0.5, 0.6) is 0 Å². The average Bonchev–Trinajstić information content (AvgIpc) is 3.01. The van der Waals surface area contributed by atoms with Gasteiger partial charge in [-0.15, -0.1) is 22.7 Å². The Balaban J connectivity index is 1.71. The van der Waals surface area contributed by atoms with E-state index in [9.17, 15) is 0 Å². The van der Waals surface area contributed by atoms with Gasteiger partial charge in [0.15, 0.2) is 0 Å². The Bertz CT molecular complexity index is 694. The van der Waals surface area contributed by atoms with Crippen molar-refractivity contribution < 1.29 is 0 Å². The molecule has 1 saturated carbocycles. The van der Waals surface area contributed by atoms with Crippen molar-refractivity contribution in [2.45, 2.75) is 18.9 Å². The molecule has 1 fully saturated rings. The summed E-state index contributed by atoms with van der Waals surface area (Å²) < 4.78 is 1.21. The van der Waals surface area contributed by atoms with Gasteiger partial charge in [0, 0.05) is 5.38 Å². The second-order valence-electron chi connectivity index (χ2n) is 4.92. The molecule has 0 aliphatic heterocycles. The summed E-state index contributed by atoms with van der Waals surface area (Å²) in [6.45, 7) is 0. The quantitative estimate of drug-likeness (QED) is 0.796. The van der Waals surface area contributed by atoms with Gasteiger partial charge in [0.1, 0.15) is 15.7 Å². The number of nitrogens with two attached hydrogens (primary N) is 1. The summed E-state index contributed by atoms with van der Waals surface area (Å²) in [6, 6.07) is 8.31. The maximum Gasteiger partial charge on any atom is 0.143 e. The first-order valence-electron chi connectivity index (χ1n) is 6.38. The minimum atomic E-state index is 0.119. The Labute approximate surface area is 119 Å². The molecule has 4 rings (SSSR count). The molecule has 2 aromatic heterocycles. The maximum atomic E-state index is 6.20. The van der Waals surface area contributed by atoms with Crippen molar-refractivity contribution in [3.63, 3.8) is 0 Å². The number of hydrogen-bond donors (Lipinski definition) is 1. The van der Waals surface area contributed by atoms with E-state index in [1.54, 1.807) is 22.7 Å². The van der Waals surface area contributed by atoms with Crippen LogP contribution in [-0.4, -0.2) is 9.97 Å². The minimum absolute atomic E-state index is 0.119. The zero-order valence-electron chi connectivity index (χ0n) is 10.2. The van der Waals surface area contributed by atoms with Gasteiger partial charge < -0.3 is 5.73 Å². The van der Waals surface area contributed by atoms with Crippen LogP contribution in [0, 0.1) is 5.92 Å². The molecule has 3 nitrogen and oxygen atoms in total. The summed E-state index contributed by atoms with van der Waals surface area (Å²) in [7, 11) is 0. The molecule has 3 aromatic rings. The summed E-state index contributed by atoms with van der Waals surface area (Å²) in [6.07, 6.45) is 2.49. The van der Waals surface area contributed by atoms with E-state index in [0.29, 0.717) is 5.92 Å². The Morgan fingerprint density at radius 3 is 2.84 bits per heavy atom. The Kier molecular flexibility index (Phi) is 2.65. The van der Waals surface area contributed by atoms with Crippen molar-refractivity contribution in [1.82, 2.24) is 9.97 Å². The third-order valence-electron chi connectivity index (χ3n) is 3.45. The standard InChI is InChI=1S/C14H13N3S2/c15-12(8-5-6-8)14-17-10(7-18-14)13-16-9-3-1-2-4-11(9)19-13/h1-4,7-8,12H,5-6,15H2. The molecule has 1 aromatic carbocycles. The lowest BCUT2D eigenvalue weighted by molar-refractivity contribution is 0.629. The third-order valence-corrected chi connectivity index (χ3v) is 5.45. The predicted octanol–water partition coefficient (Wildman–Crippen LogP) is 3.83. The molecule has 1 atom stereocenters. The summed E-state index contributed by atoms with van der Waals surface area (Å²) in [5.41, 5.74) is 8.21. The fourth-order valence-corrected chi connectivity index (χ4v) is 4.08. The number of aromatic nitrogens is 2. The highest BCUT2D eigenvalue weighted by Gasteiger charge is 2.31. The highest BCUT2D eigenvalue weighted by atomic mass is 32.1. The lowest BCUT2D eigenvalue weighted by Crippen LogP contribution is -2.11. The van der Waals surface area contributed by atoms with Crippen LogP contribution in [0.3, 0.4) is 0 Å². The minimum Gasteiger partial charge on any atom is -0.322 e. The van der Waals surface area contributed by atoms with Gasteiger partial charge in [0.05, 0.1) is 16.3 Å². The van der Waals surface area contributed by atoms with Gasteiger partial charge in [-0.2, -0.15) is 0 Å². The molecule has 1 aliphatic carbocycles. The summed E-state index contributed by atoms with van der Waals surface area (Å²) in [5.74, 6) is 0.648. The second kappa shape index (κ2) is 4.37. The molecular weight excluding hydrogens is 274 g/mol. The zero-order valence-corrected chi connectivity index (χ0v) is 11.9. The van der Waals surface area contributed by atoms with Crippen molar-refractivity contribution in [3.8, 4) is 10.7 Å². The highest BCUT2D eigenvalue weighted by Crippen LogP contribution is 2.41. The number of hydrogen-bond acceptors (Lipinski definition) is 5.